The summed E-state index contributed by atoms with van der Waals surface area (Å²) >= 11 is 12.5. The Balaban J connectivity index is 1.53. The second-order valence-corrected chi connectivity index (χ2v) is 12.4. The van der Waals surface area contributed by atoms with Crippen molar-refractivity contribution in [1.29, 1.82) is 0 Å². The molecule has 1 unspecified atom stereocenters. The number of rotatable bonds is 11. The molecule has 3 aromatic carbocycles. The standard InChI is InChI=1S/C33H35Cl2F6N3O2/c1-43(2)42-30(21-46-20-22-16-25(32(36,37)38)19-26(17-22)33(39,40)41)27(23-8-9-28(34)29(35)18-23)10-13-44-14-11-31(45,12-15-44)24-6-4-3-5-7-24/h3-9,16-19,27,45H,10-15,20-21H2,1-2H3/b42-30+. The molecule has 0 radical (unpaired) electrons. The minimum absolute atomic E-state index is 0.0873. The highest BCUT2D eigenvalue weighted by atomic mass is 35.5. The number of aliphatic hydroxyl groups is 1. The maximum atomic E-state index is 13.4. The molecule has 1 fully saturated rings. The zero-order chi connectivity index (χ0) is 33.7. The van der Waals surface area contributed by atoms with E-state index in [-0.39, 0.29) is 24.2 Å². The van der Waals surface area contributed by atoms with Gasteiger partial charge in [-0.15, -0.1) is 0 Å². The van der Waals surface area contributed by atoms with E-state index >= 15 is 0 Å². The molecule has 0 bridgehead atoms. The fourth-order valence-corrected chi connectivity index (χ4v) is 5.89. The Morgan fingerprint density at radius 1 is 0.913 bits per heavy atom. The van der Waals surface area contributed by atoms with Gasteiger partial charge in [0.2, 0.25) is 0 Å². The van der Waals surface area contributed by atoms with Gasteiger partial charge in [-0.1, -0.05) is 59.6 Å². The van der Waals surface area contributed by atoms with Crippen molar-refractivity contribution in [1.82, 2.24) is 9.91 Å². The van der Waals surface area contributed by atoms with E-state index in [0.717, 1.165) is 11.1 Å². The molecule has 5 nitrogen and oxygen atoms in total. The summed E-state index contributed by atoms with van der Waals surface area (Å²) < 4.78 is 86.0. The van der Waals surface area contributed by atoms with Crippen LogP contribution in [0.5, 0.6) is 0 Å². The lowest BCUT2D eigenvalue weighted by Crippen LogP contribution is -2.43. The number of hydrazone groups is 1. The van der Waals surface area contributed by atoms with E-state index in [2.05, 4.69) is 10.0 Å². The number of benzene rings is 3. The van der Waals surface area contributed by atoms with Crippen LogP contribution in [0, 0.1) is 0 Å². The lowest BCUT2D eigenvalue weighted by atomic mass is 9.84. The summed E-state index contributed by atoms with van der Waals surface area (Å²) in [5, 5.41) is 18.1. The van der Waals surface area contributed by atoms with Crippen LogP contribution < -0.4 is 0 Å². The first kappa shape index (κ1) is 36.0. The Hall–Kier alpha value is -2.83. The molecular weight excluding hydrogens is 655 g/mol. The van der Waals surface area contributed by atoms with Gasteiger partial charge < -0.3 is 19.8 Å². The average molecular weight is 691 g/mol. The van der Waals surface area contributed by atoms with Crippen LogP contribution in [0.15, 0.2) is 71.8 Å². The van der Waals surface area contributed by atoms with Gasteiger partial charge in [-0.05, 0) is 72.8 Å². The topological polar surface area (TPSA) is 48.3 Å². The summed E-state index contributed by atoms with van der Waals surface area (Å²) in [7, 11) is 3.40. The van der Waals surface area contributed by atoms with Crippen LogP contribution in [-0.4, -0.2) is 61.1 Å². The quantitative estimate of drug-likeness (QED) is 0.124. The number of piperidine rings is 1. The summed E-state index contributed by atoms with van der Waals surface area (Å²) in [6, 6.07) is 16.1. The molecule has 1 atom stereocenters. The number of likely N-dealkylation sites (tertiary alicyclic amines) is 1. The second kappa shape index (κ2) is 14.9. The van der Waals surface area contributed by atoms with Gasteiger partial charge in [0, 0.05) is 33.1 Å². The van der Waals surface area contributed by atoms with Gasteiger partial charge >= 0.3 is 12.4 Å². The fourth-order valence-electron chi connectivity index (χ4n) is 5.58. The van der Waals surface area contributed by atoms with Gasteiger partial charge in [0.05, 0.1) is 45.7 Å². The number of hydrogen-bond acceptors (Lipinski definition) is 5. The van der Waals surface area contributed by atoms with Crippen LogP contribution in [0.1, 0.15) is 53.0 Å². The zero-order valence-electron chi connectivity index (χ0n) is 25.3. The first-order chi connectivity index (χ1) is 21.5. The summed E-state index contributed by atoms with van der Waals surface area (Å²) in [5.41, 5.74) is -1.84. The minimum Gasteiger partial charge on any atom is -0.385 e. The van der Waals surface area contributed by atoms with Gasteiger partial charge in [0.25, 0.3) is 0 Å². The molecule has 13 heteroatoms. The molecule has 46 heavy (non-hydrogen) atoms. The third-order valence-electron chi connectivity index (χ3n) is 7.97. The fraction of sp³-hybridized carbons (Fsp3) is 0.424. The van der Waals surface area contributed by atoms with Gasteiger partial charge in [0.1, 0.15) is 0 Å². The smallest absolute Gasteiger partial charge is 0.385 e. The van der Waals surface area contributed by atoms with Crippen molar-refractivity contribution in [3.05, 3.63) is 105 Å². The molecule has 1 N–H and O–H groups in total. The molecule has 250 valence electrons. The summed E-state index contributed by atoms with van der Waals surface area (Å²) in [5.74, 6) is -0.376. The number of alkyl halides is 6. The molecule has 0 aromatic heterocycles. The molecule has 3 aromatic rings. The monoisotopic (exact) mass is 689 g/mol. The SMILES string of the molecule is CN(C)/N=C(\COCc1cc(C(F)(F)F)cc(C(F)(F)F)c1)C(CCN1CCC(O)(c2ccccc2)CC1)c1ccc(Cl)c(Cl)c1. The van der Waals surface area contributed by atoms with Crippen LogP contribution >= 0.6 is 23.2 Å². The van der Waals surface area contributed by atoms with E-state index in [4.69, 9.17) is 27.9 Å². The minimum atomic E-state index is -4.96. The molecule has 4 rings (SSSR count). The van der Waals surface area contributed by atoms with Crippen LogP contribution in [0.4, 0.5) is 26.3 Å². The molecule has 1 saturated heterocycles. The number of hydrogen-bond donors (Lipinski definition) is 1. The van der Waals surface area contributed by atoms with Crippen molar-refractivity contribution in [2.24, 2.45) is 5.10 Å². The predicted molar refractivity (Wildman–Crippen MR) is 167 cm³/mol. The highest BCUT2D eigenvalue weighted by molar-refractivity contribution is 6.42. The van der Waals surface area contributed by atoms with E-state index in [1.54, 1.807) is 37.3 Å². The summed E-state index contributed by atoms with van der Waals surface area (Å²) in [6.07, 6.45) is -8.28. The van der Waals surface area contributed by atoms with E-state index in [1.165, 1.54) is 0 Å². The molecule has 1 aliphatic rings. The van der Waals surface area contributed by atoms with Crippen LogP contribution in [0.25, 0.3) is 0 Å². The lowest BCUT2D eigenvalue weighted by Gasteiger charge is -2.39. The zero-order valence-corrected chi connectivity index (χ0v) is 26.8. The highest BCUT2D eigenvalue weighted by Gasteiger charge is 2.37. The van der Waals surface area contributed by atoms with Crippen molar-refractivity contribution >= 4 is 28.9 Å². The third kappa shape index (κ3) is 9.60. The Morgan fingerprint density at radius 3 is 2.07 bits per heavy atom. The van der Waals surface area contributed by atoms with Crippen molar-refractivity contribution < 1.29 is 36.2 Å². The Bertz CT molecular complexity index is 1460. The van der Waals surface area contributed by atoms with Crippen LogP contribution in [0.3, 0.4) is 0 Å². The molecule has 0 aliphatic carbocycles. The van der Waals surface area contributed by atoms with Gasteiger partial charge in [0.15, 0.2) is 0 Å². The number of ether oxygens (including phenoxy) is 1. The lowest BCUT2D eigenvalue weighted by molar-refractivity contribution is -0.143. The first-order valence-corrected chi connectivity index (χ1v) is 15.4. The molecule has 1 aliphatic heterocycles. The molecule has 0 amide bonds. The second-order valence-electron chi connectivity index (χ2n) is 11.6. The van der Waals surface area contributed by atoms with E-state index < -0.39 is 35.7 Å². The highest BCUT2D eigenvalue weighted by Crippen LogP contribution is 2.37. The van der Waals surface area contributed by atoms with Crippen LogP contribution in [-0.2, 0) is 29.3 Å². The van der Waals surface area contributed by atoms with E-state index in [9.17, 15) is 31.4 Å². The Kier molecular flexibility index (Phi) is 11.7. The third-order valence-corrected chi connectivity index (χ3v) is 8.71. The number of halogens is 8. The van der Waals surface area contributed by atoms with E-state index in [1.807, 2.05) is 30.3 Å². The molecule has 0 spiro atoms. The van der Waals surface area contributed by atoms with Gasteiger partial charge in [-0.25, -0.2) is 0 Å². The van der Waals surface area contributed by atoms with Crippen LogP contribution in [0.2, 0.25) is 10.0 Å². The Labute approximate surface area is 274 Å². The molecular formula is C33H35Cl2F6N3O2. The van der Waals surface area contributed by atoms with Crippen molar-refractivity contribution in [3.63, 3.8) is 0 Å². The van der Waals surface area contributed by atoms with Crippen molar-refractivity contribution in [2.75, 3.05) is 40.3 Å². The van der Waals surface area contributed by atoms with Crippen molar-refractivity contribution in [2.45, 2.75) is 49.7 Å². The van der Waals surface area contributed by atoms with E-state index in [0.29, 0.717) is 66.8 Å². The predicted octanol–water partition coefficient (Wildman–Crippen LogP) is 8.62. The van der Waals surface area contributed by atoms with Crippen molar-refractivity contribution in [3.8, 4) is 0 Å². The number of nitrogens with zero attached hydrogens (tertiary/aromatic N) is 3. The first-order valence-electron chi connectivity index (χ1n) is 14.6. The summed E-state index contributed by atoms with van der Waals surface area (Å²) in [6.45, 7) is 1.23. The Morgan fingerprint density at radius 2 is 1.52 bits per heavy atom. The average Bonchev–Trinajstić information content (AvgIpc) is 2.99. The normalized spacial score (nSPS) is 16.8. The molecule has 1 heterocycles. The van der Waals surface area contributed by atoms with Gasteiger partial charge in [-0.2, -0.15) is 31.4 Å². The largest absolute Gasteiger partial charge is 0.416 e. The van der Waals surface area contributed by atoms with Gasteiger partial charge in [-0.3, -0.25) is 0 Å². The maximum Gasteiger partial charge on any atom is 0.416 e. The maximum absolute atomic E-state index is 13.4. The summed E-state index contributed by atoms with van der Waals surface area (Å²) in [4.78, 5) is 2.23. The molecule has 0 saturated carbocycles.